The highest BCUT2D eigenvalue weighted by molar-refractivity contribution is 6.78. The van der Waals surface area contributed by atoms with Gasteiger partial charge in [-0.25, -0.2) is 0 Å². The van der Waals surface area contributed by atoms with Gasteiger partial charge in [-0.3, -0.25) is 4.79 Å². The largest absolute Gasteiger partial charge is 0.543 e. The summed E-state index contributed by atoms with van der Waals surface area (Å²) in [7, 11) is -0.576. The van der Waals surface area contributed by atoms with Crippen molar-refractivity contribution in [3.05, 3.63) is 36.0 Å². The number of methoxy groups -OCH3 is 1. The summed E-state index contributed by atoms with van der Waals surface area (Å²) in [6.07, 6.45) is -1.03. The summed E-state index contributed by atoms with van der Waals surface area (Å²) in [6, 6.07) is 8.60. The van der Waals surface area contributed by atoms with E-state index in [0.717, 1.165) is 17.0 Å². The zero-order valence-corrected chi connectivity index (χ0v) is 24.8. The van der Waals surface area contributed by atoms with Gasteiger partial charge >= 0.3 is 0 Å². The number of amides is 1. The van der Waals surface area contributed by atoms with Gasteiger partial charge in [0, 0.05) is 24.4 Å². The number of aromatic amines is 1. The van der Waals surface area contributed by atoms with E-state index in [1.54, 1.807) is 13.2 Å². The number of H-pyrrole nitrogens is 1. The van der Waals surface area contributed by atoms with Gasteiger partial charge in [0.2, 0.25) is 0 Å². The van der Waals surface area contributed by atoms with Gasteiger partial charge in [-0.1, -0.05) is 41.5 Å². The van der Waals surface area contributed by atoms with E-state index in [0.29, 0.717) is 34.7 Å². The Labute approximate surface area is 222 Å². The third-order valence-electron chi connectivity index (χ3n) is 6.96. The molecule has 0 saturated heterocycles. The Hall–Kier alpha value is -2.33. The molecule has 4 N–H and O–H groups in total. The molecule has 2 rings (SSSR count). The number of aliphatic hydroxyl groups is 2. The van der Waals surface area contributed by atoms with Crippen molar-refractivity contribution in [3.63, 3.8) is 0 Å². The fourth-order valence-corrected chi connectivity index (χ4v) is 10.4. The lowest BCUT2D eigenvalue weighted by atomic mass is 10.1. The fraction of sp³-hybridized carbons (Fsp3) is 0.607. The van der Waals surface area contributed by atoms with Crippen molar-refractivity contribution in [2.45, 2.75) is 90.3 Å². The van der Waals surface area contributed by atoms with Crippen LogP contribution in [-0.4, -0.2) is 68.0 Å². The summed E-state index contributed by atoms with van der Waals surface area (Å²) in [6.45, 7) is 17.0. The van der Waals surface area contributed by atoms with E-state index < -0.39 is 26.4 Å². The molecule has 1 aromatic carbocycles. The smallest absolute Gasteiger partial charge is 0.268 e. The van der Waals surface area contributed by atoms with E-state index >= 15 is 0 Å². The Morgan fingerprint density at radius 1 is 0.973 bits per heavy atom. The second kappa shape index (κ2) is 13.5. The monoisotopic (exact) mass is 534 g/mol. The summed E-state index contributed by atoms with van der Waals surface area (Å²) in [5, 5.41) is 21.8. The summed E-state index contributed by atoms with van der Waals surface area (Å²) in [5.41, 5.74) is 3.09. The van der Waals surface area contributed by atoms with Crippen LogP contribution in [0.1, 0.15) is 65.9 Å². The molecule has 1 heterocycles. The number of hydrogen-bond donors (Lipinski definition) is 4. The molecule has 0 unspecified atom stereocenters. The topological polar surface area (TPSA) is 113 Å². The minimum Gasteiger partial charge on any atom is -0.543 e. The predicted octanol–water partition coefficient (Wildman–Crippen LogP) is 5.12. The van der Waals surface area contributed by atoms with Crippen LogP contribution in [0.4, 0.5) is 0 Å². The normalized spacial score (nSPS) is 14.6. The predicted molar refractivity (Wildman–Crippen MR) is 150 cm³/mol. The van der Waals surface area contributed by atoms with Crippen LogP contribution < -0.4 is 14.5 Å². The molecular formula is C28H46N2O6Si. The molecule has 0 aliphatic carbocycles. The number of hydrogen-bond acceptors (Lipinski definition) is 6. The first-order chi connectivity index (χ1) is 17.3. The van der Waals surface area contributed by atoms with E-state index in [4.69, 9.17) is 13.9 Å². The highest BCUT2D eigenvalue weighted by atomic mass is 28.4. The maximum Gasteiger partial charge on any atom is 0.268 e. The van der Waals surface area contributed by atoms with Crippen LogP contribution in [0.15, 0.2) is 30.3 Å². The van der Waals surface area contributed by atoms with E-state index in [1.807, 2.05) is 31.2 Å². The molecule has 0 bridgehead atoms. The molecule has 0 radical (unpaired) electrons. The fourth-order valence-electron chi connectivity index (χ4n) is 5.17. The average Bonchev–Trinajstić information content (AvgIpc) is 3.30. The van der Waals surface area contributed by atoms with Gasteiger partial charge in [0.25, 0.3) is 14.2 Å². The van der Waals surface area contributed by atoms with Crippen LogP contribution in [0, 0.1) is 0 Å². The minimum atomic E-state index is -2.22. The Balaban J connectivity index is 2.49. The SMILES string of the molecule is COC[C@H](C)Oc1cc(O[Si](C(C)C)(C(C)C)C(C)C)cc(-c2ccc(C(=O)N[C@@H](CO)[C@@H](C)O)[nH]2)c1. The number of aromatic nitrogens is 1. The standard InChI is InChI=1S/C28H46N2O6Si/c1-17(2)37(18(3)4,19(5)6)36-24-13-22(12-23(14-24)35-20(7)16-34-9)25-10-11-26(29-25)28(33)30-27(15-31)21(8)32/h10-14,17-21,27,29,31-32H,15-16H2,1-9H3,(H,30,33)/t20-,21+,27-/m0/s1. The Morgan fingerprint density at radius 2 is 1.57 bits per heavy atom. The summed E-state index contributed by atoms with van der Waals surface area (Å²) >= 11 is 0. The van der Waals surface area contributed by atoms with Gasteiger partial charge in [0.05, 0.1) is 25.4 Å². The van der Waals surface area contributed by atoms with Crippen LogP contribution in [0.5, 0.6) is 11.5 Å². The molecule has 8 nitrogen and oxygen atoms in total. The quantitative estimate of drug-likeness (QED) is 0.250. The highest BCUT2D eigenvalue weighted by Gasteiger charge is 2.47. The molecule has 208 valence electrons. The molecule has 0 aliphatic rings. The number of rotatable bonds is 14. The maximum absolute atomic E-state index is 12.7. The van der Waals surface area contributed by atoms with Crippen molar-refractivity contribution in [1.29, 1.82) is 0 Å². The molecule has 1 aromatic heterocycles. The van der Waals surface area contributed by atoms with Crippen molar-refractivity contribution in [2.24, 2.45) is 0 Å². The number of carbonyl (C=O) groups excluding carboxylic acids is 1. The van der Waals surface area contributed by atoms with Gasteiger partial charge in [0.1, 0.15) is 23.3 Å². The van der Waals surface area contributed by atoms with Crippen molar-refractivity contribution < 1.29 is 28.9 Å². The average molecular weight is 535 g/mol. The number of carbonyl (C=O) groups is 1. The van der Waals surface area contributed by atoms with Crippen LogP contribution >= 0.6 is 0 Å². The molecule has 37 heavy (non-hydrogen) atoms. The second-order valence-corrected chi connectivity index (χ2v) is 16.2. The Morgan fingerprint density at radius 3 is 2.08 bits per heavy atom. The summed E-state index contributed by atoms with van der Waals surface area (Å²) < 4.78 is 18.4. The molecule has 0 saturated carbocycles. The molecule has 0 fully saturated rings. The van der Waals surface area contributed by atoms with Crippen LogP contribution in [0.3, 0.4) is 0 Å². The minimum absolute atomic E-state index is 0.156. The molecular weight excluding hydrogens is 488 g/mol. The van der Waals surface area contributed by atoms with Crippen molar-refractivity contribution in [2.75, 3.05) is 20.3 Å². The van der Waals surface area contributed by atoms with E-state index in [1.165, 1.54) is 6.92 Å². The molecule has 1 amide bonds. The third kappa shape index (κ3) is 7.60. The number of aliphatic hydroxyl groups excluding tert-OH is 2. The zero-order chi connectivity index (χ0) is 27.9. The van der Waals surface area contributed by atoms with Gasteiger partial charge in [-0.05, 0) is 54.7 Å². The van der Waals surface area contributed by atoms with E-state index in [-0.39, 0.29) is 12.7 Å². The molecule has 9 heteroatoms. The van der Waals surface area contributed by atoms with Crippen LogP contribution in [-0.2, 0) is 4.74 Å². The third-order valence-corrected chi connectivity index (χ3v) is 13.0. The lowest BCUT2D eigenvalue weighted by Crippen LogP contribution is -2.50. The first kappa shape index (κ1) is 30.9. The van der Waals surface area contributed by atoms with Crippen molar-refractivity contribution >= 4 is 14.2 Å². The lowest BCUT2D eigenvalue weighted by molar-refractivity contribution is 0.0754. The Kier molecular flexibility index (Phi) is 11.2. The van der Waals surface area contributed by atoms with Crippen molar-refractivity contribution in [1.82, 2.24) is 10.3 Å². The van der Waals surface area contributed by atoms with Crippen molar-refractivity contribution in [3.8, 4) is 22.8 Å². The summed E-state index contributed by atoms with van der Waals surface area (Å²) in [4.78, 5) is 15.9. The van der Waals surface area contributed by atoms with Gasteiger partial charge in [0.15, 0.2) is 0 Å². The molecule has 0 spiro atoms. The lowest BCUT2D eigenvalue weighted by Gasteiger charge is -2.42. The first-order valence-electron chi connectivity index (χ1n) is 13.1. The van der Waals surface area contributed by atoms with Gasteiger partial charge in [-0.15, -0.1) is 0 Å². The Bertz CT molecular complexity index is 983. The van der Waals surface area contributed by atoms with Gasteiger partial charge < -0.3 is 34.4 Å². The maximum atomic E-state index is 12.7. The number of nitrogens with one attached hydrogen (secondary N) is 2. The number of ether oxygens (including phenoxy) is 2. The van der Waals surface area contributed by atoms with Gasteiger partial charge in [-0.2, -0.15) is 0 Å². The van der Waals surface area contributed by atoms with E-state index in [9.17, 15) is 15.0 Å². The molecule has 0 aliphatic heterocycles. The zero-order valence-electron chi connectivity index (χ0n) is 23.8. The van der Waals surface area contributed by atoms with E-state index in [2.05, 4.69) is 51.8 Å². The molecule has 2 aromatic rings. The second-order valence-electron chi connectivity index (χ2n) is 10.8. The number of benzene rings is 1. The first-order valence-corrected chi connectivity index (χ1v) is 15.3. The highest BCUT2D eigenvalue weighted by Crippen LogP contribution is 2.44. The van der Waals surface area contributed by atoms with Crippen LogP contribution in [0.25, 0.3) is 11.3 Å². The van der Waals surface area contributed by atoms with Crippen LogP contribution in [0.2, 0.25) is 16.6 Å². The summed E-state index contributed by atoms with van der Waals surface area (Å²) in [5.74, 6) is 0.996. The molecule has 3 atom stereocenters.